The fraction of sp³-hybridized carbons (Fsp3) is 0.462. The highest BCUT2D eigenvalue weighted by Crippen LogP contribution is 2.14. The molecule has 5 heteroatoms. The summed E-state index contributed by atoms with van der Waals surface area (Å²) in [7, 11) is 1.51. The fourth-order valence-electron chi connectivity index (χ4n) is 1.63. The summed E-state index contributed by atoms with van der Waals surface area (Å²) in [5, 5.41) is 8.61. The molecule has 1 aromatic carbocycles. The first-order valence-corrected chi connectivity index (χ1v) is 5.88. The number of hydrogen-bond donors (Lipinski definition) is 1. The minimum Gasteiger partial charge on any atom is -0.396 e. The highest BCUT2D eigenvalue weighted by Gasteiger charge is 2.20. The number of carbonyl (C=O) groups excluding carboxylic acids is 1. The number of hydrogen-bond acceptors (Lipinski definition) is 2. The Morgan fingerprint density at radius 1 is 1.22 bits per heavy atom. The molecule has 0 saturated heterocycles. The summed E-state index contributed by atoms with van der Waals surface area (Å²) in [6.45, 7) is 0.520. The number of carbonyl (C=O) groups is 1. The predicted octanol–water partition coefficient (Wildman–Crippen LogP) is 2.20. The van der Waals surface area contributed by atoms with Gasteiger partial charge in [-0.25, -0.2) is 8.78 Å². The van der Waals surface area contributed by atoms with E-state index in [9.17, 15) is 13.6 Å². The Bertz CT molecular complexity index is 390. The molecule has 3 nitrogen and oxygen atoms in total. The summed E-state index contributed by atoms with van der Waals surface area (Å²) >= 11 is 0. The van der Waals surface area contributed by atoms with Gasteiger partial charge in [-0.15, -0.1) is 0 Å². The number of amides is 1. The van der Waals surface area contributed by atoms with Crippen LogP contribution in [-0.4, -0.2) is 36.1 Å². The van der Waals surface area contributed by atoms with E-state index >= 15 is 0 Å². The number of aliphatic hydroxyl groups excluding tert-OH is 1. The lowest BCUT2D eigenvalue weighted by Gasteiger charge is -2.17. The van der Waals surface area contributed by atoms with Gasteiger partial charge in [-0.3, -0.25) is 4.79 Å². The monoisotopic (exact) mass is 257 g/mol. The van der Waals surface area contributed by atoms with Gasteiger partial charge >= 0.3 is 0 Å². The smallest absolute Gasteiger partial charge is 0.259 e. The Labute approximate surface area is 105 Å². The lowest BCUT2D eigenvalue weighted by Crippen LogP contribution is -2.29. The molecule has 0 heterocycles. The molecule has 0 bridgehead atoms. The quantitative estimate of drug-likeness (QED) is 0.794. The Morgan fingerprint density at radius 2 is 1.83 bits per heavy atom. The van der Waals surface area contributed by atoms with Gasteiger partial charge in [0.2, 0.25) is 0 Å². The summed E-state index contributed by atoms with van der Waals surface area (Å²) in [5.41, 5.74) is -0.512. The van der Waals surface area contributed by atoms with E-state index in [1.807, 2.05) is 0 Å². The molecule has 0 atom stereocenters. The molecule has 0 spiro atoms. The van der Waals surface area contributed by atoms with Crippen molar-refractivity contribution in [3.8, 4) is 0 Å². The fourth-order valence-corrected chi connectivity index (χ4v) is 1.63. The molecule has 1 N–H and O–H groups in total. The first-order chi connectivity index (χ1) is 8.57. The van der Waals surface area contributed by atoms with Crippen molar-refractivity contribution in [1.29, 1.82) is 0 Å². The molecule has 0 aliphatic carbocycles. The third-order valence-corrected chi connectivity index (χ3v) is 2.67. The van der Waals surface area contributed by atoms with Crippen LogP contribution in [0.1, 0.15) is 29.6 Å². The molecule has 100 valence electrons. The van der Waals surface area contributed by atoms with Gasteiger partial charge in [-0.2, -0.15) is 0 Å². The third kappa shape index (κ3) is 3.77. The Kier molecular flexibility index (Phi) is 5.71. The van der Waals surface area contributed by atoms with E-state index < -0.39 is 23.1 Å². The van der Waals surface area contributed by atoms with Crippen LogP contribution in [0.3, 0.4) is 0 Å². The summed E-state index contributed by atoms with van der Waals surface area (Å²) in [4.78, 5) is 13.1. The molecule has 1 amide bonds. The average Bonchev–Trinajstić information content (AvgIpc) is 2.34. The number of nitrogens with zero attached hydrogens (tertiary/aromatic N) is 1. The highest BCUT2D eigenvalue weighted by molar-refractivity contribution is 5.94. The molecule has 0 saturated carbocycles. The predicted molar refractivity (Wildman–Crippen MR) is 64.3 cm³/mol. The van der Waals surface area contributed by atoms with Crippen LogP contribution >= 0.6 is 0 Å². The van der Waals surface area contributed by atoms with Crippen molar-refractivity contribution in [2.24, 2.45) is 0 Å². The first-order valence-electron chi connectivity index (χ1n) is 5.88. The normalized spacial score (nSPS) is 10.4. The molecule has 0 aromatic heterocycles. The standard InChI is InChI=1S/C13H17F2NO2/c1-16(8-3-2-4-9-17)13(18)12-10(14)6-5-7-11(12)15/h5-7,17H,2-4,8-9H2,1H3. The Morgan fingerprint density at radius 3 is 2.39 bits per heavy atom. The van der Waals surface area contributed by atoms with Crippen molar-refractivity contribution in [2.45, 2.75) is 19.3 Å². The van der Waals surface area contributed by atoms with Crippen LogP contribution in [0.15, 0.2) is 18.2 Å². The molecule has 1 rings (SSSR count). The maximum absolute atomic E-state index is 13.4. The average molecular weight is 257 g/mol. The molecule has 0 aliphatic heterocycles. The number of aliphatic hydroxyl groups is 1. The molecule has 1 aromatic rings. The minimum atomic E-state index is -0.845. The van der Waals surface area contributed by atoms with Crippen LogP contribution in [0.25, 0.3) is 0 Å². The van der Waals surface area contributed by atoms with Gasteiger partial charge in [0.05, 0.1) is 0 Å². The van der Waals surface area contributed by atoms with Crippen LogP contribution in [0.2, 0.25) is 0 Å². The highest BCUT2D eigenvalue weighted by atomic mass is 19.1. The van der Waals surface area contributed by atoms with Gasteiger partial charge in [0, 0.05) is 20.2 Å². The lowest BCUT2D eigenvalue weighted by molar-refractivity contribution is 0.0782. The number of unbranched alkanes of at least 4 members (excludes halogenated alkanes) is 2. The first kappa shape index (κ1) is 14.6. The van der Waals surface area contributed by atoms with E-state index in [1.165, 1.54) is 18.0 Å². The molecule has 0 unspecified atom stereocenters. The second kappa shape index (κ2) is 7.06. The van der Waals surface area contributed by atoms with Crippen molar-refractivity contribution in [1.82, 2.24) is 4.90 Å². The molecular formula is C13H17F2NO2. The van der Waals surface area contributed by atoms with Crippen LogP contribution in [-0.2, 0) is 0 Å². The van der Waals surface area contributed by atoms with E-state index in [0.29, 0.717) is 19.4 Å². The van der Waals surface area contributed by atoms with Crippen molar-refractivity contribution >= 4 is 5.91 Å². The zero-order chi connectivity index (χ0) is 13.5. The van der Waals surface area contributed by atoms with Gasteiger partial charge in [0.25, 0.3) is 5.91 Å². The molecule has 0 aliphatic rings. The maximum Gasteiger partial charge on any atom is 0.259 e. The van der Waals surface area contributed by atoms with E-state index in [1.54, 1.807) is 0 Å². The van der Waals surface area contributed by atoms with Crippen LogP contribution < -0.4 is 0 Å². The van der Waals surface area contributed by atoms with Gasteiger partial charge in [0.1, 0.15) is 17.2 Å². The minimum absolute atomic E-state index is 0.111. The van der Waals surface area contributed by atoms with Gasteiger partial charge in [-0.05, 0) is 31.4 Å². The molecular weight excluding hydrogens is 240 g/mol. The SMILES string of the molecule is CN(CCCCCO)C(=O)c1c(F)cccc1F. The Hall–Kier alpha value is -1.49. The zero-order valence-corrected chi connectivity index (χ0v) is 10.3. The second-order valence-corrected chi connectivity index (χ2v) is 4.11. The topological polar surface area (TPSA) is 40.5 Å². The zero-order valence-electron chi connectivity index (χ0n) is 10.3. The van der Waals surface area contributed by atoms with E-state index in [4.69, 9.17) is 5.11 Å². The second-order valence-electron chi connectivity index (χ2n) is 4.11. The number of halogens is 2. The molecule has 18 heavy (non-hydrogen) atoms. The summed E-state index contributed by atoms with van der Waals surface area (Å²) in [5.74, 6) is -2.35. The van der Waals surface area contributed by atoms with Crippen molar-refractivity contribution < 1.29 is 18.7 Å². The van der Waals surface area contributed by atoms with Crippen LogP contribution in [0.4, 0.5) is 8.78 Å². The van der Waals surface area contributed by atoms with Gasteiger partial charge in [0.15, 0.2) is 0 Å². The summed E-state index contributed by atoms with van der Waals surface area (Å²) < 4.78 is 26.8. The maximum atomic E-state index is 13.4. The van der Waals surface area contributed by atoms with Crippen molar-refractivity contribution in [3.05, 3.63) is 35.4 Å². The third-order valence-electron chi connectivity index (χ3n) is 2.67. The largest absolute Gasteiger partial charge is 0.396 e. The van der Waals surface area contributed by atoms with Gasteiger partial charge in [-0.1, -0.05) is 6.07 Å². The lowest BCUT2D eigenvalue weighted by atomic mass is 10.1. The van der Waals surface area contributed by atoms with Gasteiger partial charge < -0.3 is 10.0 Å². The Balaban J connectivity index is 2.63. The summed E-state index contributed by atoms with van der Waals surface area (Å²) in [6, 6.07) is 3.36. The van der Waals surface area contributed by atoms with E-state index in [0.717, 1.165) is 18.6 Å². The number of rotatable bonds is 6. The van der Waals surface area contributed by atoms with Crippen LogP contribution in [0.5, 0.6) is 0 Å². The van der Waals surface area contributed by atoms with Crippen molar-refractivity contribution in [3.63, 3.8) is 0 Å². The van der Waals surface area contributed by atoms with Crippen molar-refractivity contribution in [2.75, 3.05) is 20.2 Å². The summed E-state index contributed by atoms with van der Waals surface area (Å²) in [6.07, 6.45) is 2.13. The van der Waals surface area contributed by atoms with E-state index in [-0.39, 0.29) is 6.61 Å². The number of benzene rings is 1. The van der Waals surface area contributed by atoms with Crippen LogP contribution in [0, 0.1) is 11.6 Å². The molecule has 0 radical (unpaired) electrons. The molecule has 0 fully saturated rings. The van der Waals surface area contributed by atoms with E-state index in [2.05, 4.69) is 0 Å².